The third-order valence-corrected chi connectivity index (χ3v) is 2.89. The number of aromatic nitrogens is 2. The molecule has 96 valence electrons. The minimum atomic E-state index is -0.110. The lowest BCUT2D eigenvalue weighted by molar-refractivity contribution is 0.402. The van der Waals surface area contributed by atoms with E-state index in [1.165, 1.54) is 5.56 Å². The molecule has 1 aromatic heterocycles. The Morgan fingerprint density at radius 3 is 2.72 bits per heavy atom. The molecule has 0 aliphatic carbocycles. The molecule has 1 heterocycles. The summed E-state index contributed by atoms with van der Waals surface area (Å²) in [6, 6.07) is 8.30. The first-order valence-electron chi connectivity index (χ1n) is 6.04. The predicted molar refractivity (Wildman–Crippen MR) is 73.1 cm³/mol. The first-order chi connectivity index (χ1) is 8.56. The van der Waals surface area contributed by atoms with Crippen molar-refractivity contribution >= 4 is 0 Å². The molecule has 0 radical (unpaired) electrons. The second-order valence-corrected chi connectivity index (χ2v) is 4.91. The van der Waals surface area contributed by atoms with Gasteiger partial charge in [0, 0.05) is 25.4 Å². The van der Waals surface area contributed by atoms with Crippen molar-refractivity contribution in [2.45, 2.75) is 12.6 Å². The Balaban J connectivity index is 2.22. The van der Waals surface area contributed by atoms with Crippen molar-refractivity contribution in [2.24, 2.45) is 12.8 Å². The van der Waals surface area contributed by atoms with Crippen molar-refractivity contribution in [3.63, 3.8) is 0 Å². The van der Waals surface area contributed by atoms with Crippen LogP contribution in [0.25, 0.3) is 0 Å². The van der Waals surface area contributed by atoms with Crippen molar-refractivity contribution in [1.29, 1.82) is 0 Å². The second-order valence-electron chi connectivity index (χ2n) is 4.91. The van der Waals surface area contributed by atoms with Crippen LogP contribution in [0.1, 0.15) is 22.7 Å². The van der Waals surface area contributed by atoms with E-state index in [2.05, 4.69) is 48.4 Å². The fourth-order valence-electron chi connectivity index (χ4n) is 2.04. The van der Waals surface area contributed by atoms with Crippen molar-refractivity contribution in [3.05, 3.63) is 53.3 Å². The molecule has 0 saturated heterocycles. The highest BCUT2D eigenvalue weighted by molar-refractivity contribution is 5.32. The number of hydrogen-bond acceptors (Lipinski definition) is 3. The molecular weight excluding hydrogens is 224 g/mol. The van der Waals surface area contributed by atoms with Crippen LogP contribution in [-0.4, -0.2) is 28.8 Å². The number of hydrogen-bond donors (Lipinski definition) is 1. The van der Waals surface area contributed by atoms with Gasteiger partial charge < -0.3 is 10.6 Å². The van der Waals surface area contributed by atoms with Crippen LogP contribution in [0, 0.1) is 0 Å². The highest BCUT2D eigenvalue weighted by atomic mass is 15.2. The lowest BCUT2D eigenvalue weighted by atomic mass is 10.0. The van der Waals surface area contributed by atoms with Gasteiger partial charge in [0.25, 0.3) is 0 Å². The van der Waals surface area contributed by atoms with Gasteiger partial charge in [0.1, 0.15) is 0 Å². The van der Waals surface area contributed by atoms with E-state index in [4.69, 9.17) is 5.73 Å². The Morgan fingerprint density at radius 2 is 2.11 bits per heavy atom. The van der Waals surface area contributed by atoms with Gasteiger partial charge in [-0.25, -0.2) is 0 Å². The molecule has 0 aliphatic heterocycles. The van der Waals surface area contributed by atoms with E-state index in [0.717, 1.165) is 17.7 Å². The third kappa shape index (κ3) is 2.97. The first-order valence-corrected chi connectivity index (χ1v) is 6.04. The van der Waals surface area contributed by atoms with Crippen LogP contribution in [-0.2, 0) is 13.6 Å². The second kappa shape index (κ2) is 5.33. The summed E-state index contributed by atoms with van der Waals surface area (Å²) in [5, 5.41) is 4.16. The van der Waals surface area contributed by atoms with Gasteiger partial charge in [0.2, 0.25) is 0 Å². The van der Waals surface area contributed by atoms with Crippen molar-refractivity contribution in [2.75, 3.05) is 14.1 Å². The van der Waals surface area contributed by atoms with E-state index in [9.17, 15) is 0 Å². The van der Waals surface area contributed by atoms with E-state index >= 15 is 0 Å². The summed E-state index contributed by atoms with van der Waals surface area (Å²) < 4.78 is 1.78. The maximum absolute atomic E-state index is 6.26. The minimum absolute atomic E-state index is 0.110. The molecule has 1 unspecified atom stereocenters. The summed E-state index contributed by atoms with van der Waals surface area (Å²) in [6.07, 6.45) is 3.78. The third-order valence-electron chi connectivity index (χ3n) is 2.89. The Bertz CT molecular complexity index is 516. The topological polar surface area (TPSA) is 47.1 Å². The van der Waals surface area contributed by atoms with Crippen LogP contribution in [0.5, 0.6) is 0 Å². The average molecular weight is 244 g/mol. The fourth-order valence-corrected chi connectivity index (χ4v) is 2.04. The minimum Gasteiger partial charge on any atom is -0.320 e. The molecule has 2 N–H and O–H groups in total. The predicted octanol–water partition coefficient (Wildman–Crippen LogP) is 1.53. The Hall–Kier alpha value is -1.65. The maximum Gasteiger partial charge on any atom is 0.0582 e. The highest BCUT2D eigenvalue weighted by Crippen LogP contribution is 2.20. The summed E-state index contributed by atoms with van der Waals surface area (Å²) in [4.78, 5) is 2.15. The van der Waals surface area contributed by atoms with Crippen LogP contribution in [0.15, 0.2) is 36.7 Å². The zero-order valence-electron chi connectivity index (χ0n) is 11.2. The van der Waals surface area contributed by atoms with Crippen LogP contribution < -0.4 is 5.73 Å². The van der Waals surface area contributed by atoms with Gasteiger partial charge in [-0.3, -0.25) is 4.68 Å². The molecule has 2 rings (SSSR count). The van der Waals surface area contributed by atoms with Gasteiger partial charge in [0.05, 0.1) is 12.2 Å². The van der Waals surface area contributed by atoms with Crippen LogP contribution in [0.2, 0.25) is 0 Å². The smallest absolute Gasteiger partial charge is 0.0582 e. The Morgan fingerprint density at radius 1 is 1.33 bits per heavy atom. The zero-order valence-corrected chi connectivity index (χ0v) is 11.2. The molecule has 0 fully saturated rings. The molecule has 0 aliphatic rings. The van der Waals surface area contributed by atoms with Gasteiger partial charge in [-0.15, -0.1) is 0 Å². The maximum atomic E-state index is 6.26. The Labute approximate surface area is 108 Å². The Kier molecular flexibility index (Phi) is 3.79. The van der Waals surface area contributed by atoms with Gasteiger partial charge in [0.15, 0.2) is 0 Å². The molecule has 0 spiro atoms. The molecule has 2 aromatic rings. The quantitative estimate of drug-likeness (QED) is 0.887. The van der Waals surface area contributed by atoms with Gasteiger partial charge in [-0.1, -0.05) is 24.3 Å². The number of nitrogens with zero attached hydrogens (tertiary/aromatic N) is 3. The van der Waals surface area contributed by atoms with E-state index in [-0.39, 0.29) is 6.04 Å². The summed E-state index contributed by atoms with van der Waals surface area (Å²) in [7, 11) is 6.03. The standard InChI is InChI=1S/C14H20N4/c1-17(2)9-11-5-4-6-12(7-11)14(15)13-8-16-18(3)10-13/h4-8,10,14H,9,15H2,1-3H3. The lowest BCUT2D eigenvalue weighted by Gasteiger charge is -2.14. The van der Waals surface area contributed by atoms with E-state index < -0.39 is 0 Å². The van der Waals surface area contributed by atoms with E-state index in [1.54, 1.807) is 4.68 Å². The molecular formula is C14H20N4. The highest BCUT2D eigenvalue weighted by Gasteiger charge is 2.11. The first kappa shape index (κ1) is 12.8. The largest absolute Gasteiger partial charge is 0.320 e. The van der Waals surface area contributed by atoms with Crippen LogP contribution >= 0.6 is 0 Å². The van der Waals surface area contributed by atoms with Gasteiger partial charge in [-0.2, -0.15) is 5.10 Å². The van der Waals surface area contributed by atoms with Crippen molar-refractivity contribution in [1.82, 2.24) is 14.7 Å². The van der Waals surface area contributed by atoms with Gasteiger partial charge in [-0.05, 0) is 25.2 Å². The molecule has 0 saturated carbocycles. The number of benzene rings is 1. The molecule has 4 heteroatoms. The van der Waals surface area contributed by atoms with Crippen molar-refractivity contribution < 1.29 is 0 Å². The summed E-state index contributed by atoms with van der Waals surface area (Å²) in [6.45, 7) is 0.924. The van der Waals surface area contributed by atoms with Crippen molar-refractivity contribution in [3.8, 4) is 0 Å². The SMILES string of the molecule is CN(C)Cc1cccc(C(N)c2cnn(C)c2)c1. The van der Waals surface area contributed by atoms with Crippen LogP contribution in [0.3, 0.4) is 0 Å². The van der Waals surface area contributed by atoms with E-state index in [1.807, 2.05) is 19.4 Å². The number of nitrogens with two attached hydrogens (primary N) is 1. The van der Waals surface area contributed by atoms with Crippen LogP contribution in [0.4, 0.5) is 0 Å². The number of rotatable bonds is 4. The summed E-state index contributed by atoms with van der Waals surface area (Å²) >= 11 is 0. The van der Waals surface area contributed by atoms with Gasteiger partial charge >= 0.3 is 0 Å². The molecule has 4 nitrogen and oxygen atoms in total. The summed E-state index contributed by atoms with van der Waals surface area (Å²) in [5.74, 6) is 0. The summed E-state index contributed by atoms with van der Waals surface area (Å²) in [5.41, 5.74) is 9.71. The zero-order chi connectivity index (χ0) is 13.1. The monoisotopic (exact) mass is 244 g/mol. The molecule has 0 amide bonds. The molecule has 1 aromatic carbocycles. The normalized spacial score (nSPS) is 12.9. The molecule has 1 atom stereocenters. The lowest BCUT2D eigenvalue weighted by Crippen LogP contribution is -2.14. The number of aryl methyl sites for hydroxylation is 1. The van der Waals surface area contributed by atoms with E-state index in [0.29, 0.717) is 0 Å². The fraction of sp³-hybridized carbons (Fsp3) is 0.357. The molecule has 0 bridgehead atoms. The molecule has 18 heavy (non-hydrogen) atoms. The average Bonchev–Trinajstić information content (AvgIpc) is 2.74.